The van der Waals surface area contributed by atoms with E-state index >= 15 is 0 Å². The molecule has 0 fully saturated rings. The van der Waals surface area contributed by atoms with Gasteiger partial charge in [0, 0.05) is 5.69 Å². The molecule has 0 aliphatic heterocycles. The topological polar surface area (TPSA) is 46.2 Å². The summed E-state index contributed by atoms with van der Waals surface area (Å²) >= 11 is 11.6. The fourth-order valence-electron chi connectivity index (χ4n) is 1.67. The third-order valence-electron chi connectivity index (χ3n) is 2.82. The summed E-state index contributed by atoms with van der Waals surface area (Å²) in [7, 11) is -3.67. The molecule has 0 radical (unpaired) electrons. The third-order valence-corrected chi connectivity index (χ3v) is 4.93. The Balaban J connectivity index is 2.27. The van der Waals surface area contributed by atoms with Crippen molar-refractivity contribution in [2.24, 2.45) is 0 Å². The SMILES string of the molecule is CCc1ccc(NS(=O)(=O)c2ccc(Cl)c(Cl)c2)cc1. The molecule has 0 aromatic heterocycles. The van der Waals surface area contributed by atoms with Crippen LogP contribution in [0, 0.1) is 0 Å². The summed E-state index contributed by atoms with van der Waals surface area (Å²) in [6.07, 6.45) is 0.903. The Labute approximate surface area is 128 Å². The van der Waals surface area contributed by atoms with Crippen LogP contribution >= 0.6 is 23.2 Å². The van der Waals surface area contributed by atoms with Crippen LogP contribution in [0.1, 0.15) is 12.5 Å². The molecule has 2 aromatic rings. The van der Waals surface area contributed by atoms with Crippen LogP contribution in [0.15, 0.2) is 47.4 Å². The molecule has 20 heavy (non-hydrogen) atoms. The van der Waals surface area contributed by atoms with Crippen LogP contribution in [0.25, 0.3) is 0 Å². The fourth-order valence-corrected chi connectivity index (χ4v) is 3.11. The van der Waals surface area contributed by atoms with E-state index in [1.807, 2.05) is 19.1 Å². The van der Waals surface area contributed by atoms with E-state index < -0.39 is 10.0 Å². The van der Waals surface area contributed by atoms with E-state index in [1.54, 1.807) is 12.1 Å². The van der Waals surface area contributed by atoms with Gasteiger partial charge in [0.15, 0.2) is 0 Å². The van der Waals surface area contributed by atoms with E-state index in [0.717, 1.165) is 12.0 Å². The van der Waals surface area contributed by atoms with Gasteiger partial charge in [0.25, 0.3) is 10.0 Å². The van der Waals surface area contributed by atoms with Gasteiger partial charge in [-0.05, 0) is 42.3 Å². The maximum absolute atomic E-state index is 12.2. The van der Waals surface area contributed by atoms with Gasteiger partial charge in [-0.15, -0.1) is 0 Å². The van der Waals surface area contributed by atoms with Crippen LogP contribution in [-0.2, 0) is 16.4 Å². The number of anilines is 1. The predicted molar refractivity (Wildman–Crippen MR) is 83.1 cm³/mol. The van der Waals surface area contributed by atoms with Gasteiger partial charge in [0.1, 0.15) is 0 Å². The van der Waals surface area contributed by atoms with E-state index in [2.05, 4.69) is 4.72 Å². The molecule has 1 N–H and O–H groups in total. The molecular formula is C14H13Cl2NO2S. The first-order chi connectivity index (χ1) is 9.42. The average Bonchev–Trinajstić information content (AvgIpc) is 2.42. The Morgan fingerprint density at radius 2 is 1.65 bits per heavy atom. The lowest BCUT2D eigenvalue weighted by atomic mass is 10.2. The summed E-state index contributed by atoms with van der Waals surface area (Å²) in [5.41, 5.74) is 1.65. The Bertz CT molecular complexity index is 712. The second-order valence-corrected chi connectivity index (χ2v) is 6.73. The minimum atomic E-state index is -3.67. The van der Waals surface area contributed by atoms with Gasteiger partial charge in [-0.2, -0.15) is 0 Å². The number of halogens is 2. The molecule has 2 aromatic carbocycles. The van der Waals surface area contributed by atoms with Gasteiger partial charge in [-0.3, -0.25) is 4.72 Å². The largest absolute Gasteiger partial charge is 0.280 e. The highest BCUT2D eigenvalue weighted by Gasteiger charge is 2.15. The molecule has 0 unspecified atom stereocenters. The van der Waals surface area contributed by atoms with Crippen molar-refractivity contribution in [3.05, 3.63) is 58.1 Å². The number of benzene rings is 2. The van der Waals surface area contributed by atoms with Gasteiger partial charge < -0.3 is 0 Å². The van der Waals surface area contributed by atoms with Gasteiger partial charge in [0.2, 0.25) is 0 Å². The van der Waals surface area contributed by atoms with Gasteiger partial charge in [-0.25, -0.2) is 8.42 Å². The van der Waals surface area contributed by atoms with Crippen molar-refractivity contribution in [1.29, 1.82) is 0 Å². The van der Waals surface area contributed by atoms with E-state index in [4.69, 9.17) is 23.2 Å². The van der Waals surface area contributed by atoms with Crippen LogP contribution in [-0.4, -0.2) is 8.42 Å². The van der Waals surface area contributed by atoms with E-state index in [1.165, 1.54) is 18.2 Å². The molecule has 106 valence electrons. The monoisotopic (exact) mass is 329 g/mol. The van der Waals surface area contributed by atoms with Crippen LogP contribution in [0.3, 0.4) is 0 Å². The van der Waals surface area contributed by atoms with Crippen LogP contribution in [0.2, 0.25) is 10.0 Å². The Morgan fingerprint density at radius 1 is 1.00 bits per heavy atom. The molecule has 3 nitrogen and oxygen atoms in total. The van der Waals surface area contributed by atoms with Crippen molar-refractivity contribution in [2.45, 2.75) is 18.2 Å². The first-order valence-corrected chi connectivity index (χ1v) is 8.23. The predicted octanol–water partition coefficient (Wildman–Crippen LogP) is 4.36. The molecule has 0 bridgehead atoms. The zero-order valence-electron chi connectivity index (χ0n) is 10.7. The van der Waals surface area contributed by atoms with Crippen molar-refractivity contribution in [2.75, 3.05) is 4.72 Å². The maximum atomic E-state index is 12.2. The lowest BCUT2D eigenvalue weighted by molar-refractivity contribution is 0.601. The Kier molecular flexibility index (Phi) is 4.58. The summed E-state index contributed by atoms with van der Waals surface area (Å²) in [4.78, 5) is 0.0754. The lowest BCUT2D eigenvalue weighted by Crippen LogP contribution is -2.12. The van der Waals surface area contributed by atoms with Crippen LogP contribution in [0.5, 0.6) is 0 Å². The number of rotatable bonds is 4. The highest BCUT2D eigenvalue weighted by molar-refractivity contribution is 7.92. The molecule has 0 aliphatic rings. The number of hydrogen-bond donors (Lipinski definition) is 1. The number of hydrogen-bond acceptors (Lipinski definition) is 2. The van der Waals surface area contributed by atoms with Crippen molar-refractivity contribution < 1.29 is 8.42 Å². The summed E-state index contributed by atoms with van der Waals surface area (Å²) < 4.78 is 26.9. The first-order valence-electron chi connectivity index (χ1n) is 5.99. The Hall–Kier alpha value is -1.23. The number of nitrogens with one attached hydrogen (secondary N) is 1. The number of sulfonamides is 1. The van der Waals surface area contributed by atoms with Gasteiger partial charge >= 0.3 is 0 Å². The van der Waals surface area contributed by atoms with Crippen LogP contribution in [0.4, 0.5) is 5.69 Å². The average molecular weight is 330 g/mol. The van der Waals surface area contributed by atoms with Crippen molar-refractivity contribution in [3.63, 3.8) is 0 Å². The third kappa shape index (κ3) is 3.45. The molecule has 0 saturated heterocycles. The summed E-state index contributed by atoms with van der Waals surface area (Å²) in [5, 5.41) is 0.522. The summed E-state index contributed by atoms with van der Waals surface area (Å²) in [6, 6.07) is 11.4. The molecular weight excluding hydrogens is 317 g/mol. The minimum Gasteiger partial charge on any atom is -0.280 e. The molecule has 0 saturated carbocycles. The second kappa shape index (κ2) is 6.04. The number of aryl methyl sites for hydroxylation is 1. The zero-order chi connectivity index (χ0) is 14.8. The van der Waals surface area contributed by atoms with Gasteiger partial charge in [-0.1, -0.05) is 42.3 Å². The normalized spacial score (nSPS) is 11.3. The smallest absolute Gasteiger partial charge is 0.261 e. The molecule has 0 amide bonds. The van der Waals surface area contributed by atoms with E-state index in [0.29, 0.717) is 10.7 Å². The highest BCUT2D eigenvalue weighted by atomic mass is 35.5. The maximum Gasteiger partial charge on any atom is 0.261 e. The molecule has 0 spiro atoms. The van der Waals surface area contributed by atoms with Gasteiger partial charge in [0.05, 0.1) is 14.9 Å². The summed E-state index contributed by atoms with van der Waals surface area (Å²) in [6.45, 7) is 2.04. The van der Waals surface area contributed by atoms with E-state index in [9.17, 15) is 8.42 Å². The standard InChI is InChI=1S/C14H13Cl2NO2S/c1-2-10-3-5-11(6-4-10)17-20(18,19)12-7-8-13(15)14(16)9-12/h3-9,17H,2H2,1H3. The lowest BCUT2D eigenvalue weighted by Gasteiger charge is -2.09. The zero-order valence-corrected chi connectivity index (χ0v) is 13.1. The fraction of sp³-hybridized carbons (Fsp3) is 0.143. The highest BCUT2D eigenvalue weighted by Crippen LogP contribution is 2.26. The van der Waals surface area contributed by atoms with Crippen molar-refractivity contribution in [3.8, 4) is 0 Å². The van der Waals surface area contributed by atoms with Crippen LogP contribution < -0.4 is 4.72 Å². The quantitative estimate of drug-likeness (QED) is 0.905. The second-order valence-electron chi connectivity index (χ2n) is 4.23. The molecule has 0 aliphatic carbocycles. The molecule has 0 heterocycles. The van der Waals surface area contributed by atoms with Crippen molar-refractivity contribution in [1.82, 2.24) is 0 Å². The minimum absolute atomic E-state index is 0.0754. The molecule has 2 rings (SSSR count). The summed E-state index contributed by atoms with van der Waals surface area (Å²) in [5.74, 6) is 0. The van der Waals surface area contributed by atoms with E-state index in [-0.39, 0.29) is 9.92 Å². The molecule has 0 atom stereocenters. The Morgan fingerprint density at radius 3 is 2.20 bits per heavy atom. The van der Waals surface area contributed by atoms with Crippen molar-refractivity contribution >= 4 is 38.9 Å². The first kappa shape index (κ1) is 15.2. The molecule has 6 heteroatoms.